The molecule has 0 radical (unpaired) electrons. The van der Waals surface area contributed by atoms with Crippen LogP contribution >= 0.6 is 7.29 Å². The molecular weight excluding hydrogens is 481 g/mol. The molecule has 2 aromatic rings. The molecule has 1 aliphatic heterocycles. The van der Waals surface area contributed by atoms with Crippen LogP contribution in [-0.4, -0.2) is 39.3 Å². The minimum absolute atomic E-state index is 0.00438. The van der Waals surface area contributed by atoms with E-state index in [2.05, 4.69) is 24.3 Å². The number of nitrogens with zero attached hydrogens (tertiary/aromatic N) is 1. The van der Waals surface area contributed by atoms with Crippen molar-refractivity contribution in [2.75, 3.05) is 0 Å². The molecule has 0 aliphatic carbocycles. The van der Waals surface area contributed by atoms with Crippen LogP contribution in [0.5, 0.6) is 0 Å². The molecule has 3 rings (SSSR count). The lowest BCUT2D eigenvalue weighted by atomic mass is 9.79. The minimum Gasteiger partial charge on any atom is -0.353 e. The largest absolute Gasteiger partial charge is 0.353 e. The summed E-state index contributed by atoms with van der Waals surface area (Å²) in [5.74, 6) is 0.334. The number of hydroxylamine groups is 2. The molecule has 1 heterocycles. The summed E-state index contributed by atoms with van der Waals surface area (Å²) in [5, 5.41) is 20.1. The molecule has 202 valence electrons. The Morgan fingerprint density at radius 2 is 1.49 bits per heavy atom. The zero-order valence-electron chi connectivity index (χ0n) is 23.1. The average Bonchev–Trinajstić information content (AvgIpc) is 2.82. The fourth-order valence-electron chi connectivity index (χ4n) is 5.49. The third kappa shape index (κ3) is 7.64. The second-order valence-corrected chi connectivity index (χ2v) is 14.4. The monoisotopic (exact) mass is 525 g/mol. The van der Waals surface area contributed by atoms with Crippen LogP contribution in [0.1, 0.15) is 67.2 Å². The first kappa shape index (κ1) is 29.3. The van der Waals surface area contributed by atoms with Gasteiger partial charge in [-0.3, -0.25) is 14.4 Å². The molecule has 0 spiro atoms. The van der Waals surface area contributed by atoms with E-state index in [9.17, 15) is 14.6 Å². The Kier molecular flexibility index (Phi) is 9.57. The summed E-state index contributed by atoms with van der Waals surface area (Å²) in [5.41, 5.74) is -0.838. The smallest absolute Gasteiger partial charge is 0.224 e. The number of rotatable bonds is 10. The maximum atomic E-state index is 14.5. The number of carbonyl (C=O) groups excluding carboxylic acids is 1. The summed E-state index contributed by atoms with van der Waals surface area (Å²) < 4.78 is 14.5. The van der Waals surface area contributed by atoms with E-state index >= 15 is 0 Å². The number of piperidine rings is 1. The van der Waals surface area contributed by atoms with Gasteiger partial charge < -0.3 is 10.5 Å². The quantitative estimate of drug-likeness (QED) is 0.286. The zero-order valence-corrected chi connectivity index (χ0v) is 24.0. The summed E-state index contributed by atoms with van der Waals surface area (Å²) in [6.45, 7) is 12.3. The summed E-state index contributed by atoms with van der Waals surface area (Å²) in [6.07, 6.45) is 6.26. The van der Waals surface area contributed by atoms with Crippen LogP contribution in [0.25, 0.3) is 0 Å². The van der Waals surface area contributed by atoms with Gasteiger partial charge in [-0.2, -0.15) is 5.06 Å². The fourth-order valence-corrected chi connectivity index (χ4v) is 7.93. The summed E-state index contributed by atoms with van der Waals surface area (Å²) in [4.78, 5) is 12.8. The van der Waals surface area contributed by atoms with Crippen molar-refractivity contribution in [3.05, 3.63) is 72.8 Å². The fraction of sp³-hybridized carbons (Fsp3) is 0.500. The highest BCUT2D eigenvalue weighted by Gasteiger charge is 2.45. The highest BCUT2D eigenvalue weighted by molar-refractivity contribution is 7.76. The van der Waals surface area contributed by atoms with Gasteiger partial charge in [-0.1, -0.05) is 62.4 Å². The van der Waals surface area contributed by atoms with Gasteiger partial charge in [0.2, 0.25) is 13.2 Å². The van der Waals surface area contributed by atoms with Crippen molar-refractivity contribution in [1.82, 2.24) is 15.5 Å². The van der Waals surface area contributed by atoms with E-state index < -0.39 is 18.4 Å². The molecule has 2 aromatic carbocycles. The Labute approximate surface area is 222 Å². The van der Waals surface area contributed by atoms with Crippen LogP contribution in [0.2, 0.25) is 0 Å². The molecular formula is C30H44N3O3P. The normalized spacial score (nSPS) is 19.2. The summed E-state index contributed by atoms with van der Waals surface area (Å²) in [7, 11) is -3.09. The average molecular weight is 526 g/mol. The molecule has 1 fully saturated rings. The highest BCUT2D eigenvalue weighted by atomic mass is 31.2. The van der Waals surface area contributed by atoms with Crippen molar-refractivity contribution >= 4 is 23.8 Å². The SMILES string of the molecule is CC(C)C[C@@H](C=CCC(=O)NC1CC(C)(C)N(O)C(C)(C)C1)NP(=O)(c1ccccc1)c1ccccc1. The van der Waals surface area contributed by atoms with E-state index in [1.165, 1.54) is 5.06 Å². The van der Waals surface area contributed by atoms with Crippen molar-refractivity contribution in [3.8, 4) is 0 Å². The first-order chi connectivity index (χ1) is 17.3. The van der Waals surface area contributed by atoms with E-state index in [0.717, 1.165) is 17.0 Å². The van der Waals surface area contributed by atoms with E-state index in [1.807, 2.05) is 101 Å². The first-order valence-electron chi connectivity index (χ1n) is 13.3. The highest BCUT2D eigenvalue weighted by Crippen LogP contribution is 2.40. The summed E-state index contributed by atoms with van der Waals surface area (Å²) in [6, 6.07) is 19.0. The van der Waals surface area contributed by atoms with E-state index in [1.54, 1.807) is 0 Å². The lowest BCUT2D eigenvalue weighted by Crippen LogP contribution is -2.62. The molecule has 0 saturated carbocycles. The Hall–Kier alpha value is -2.24. The molecule has 37 heavy (non-hydrogen) atoms. The molecule has 0 unspecified atom stereocenters. The van der Waals surface area contributed by atoms with Crippen LogP contribution in [0.3, 0.4) is 0 Å². The lowest BCUT2D eigenvalue weighted by molar-refractivity contribution is -0.246. The van der Waals surface area contributed by atoms with Gasteiger partial charge in [0.15, 0.2) is 0 Å². The van der Waals surface area contributed by atoms with Crippen LogP contribution in [0.4, 0.5) is 0 Å². The standard InChI is InChI=1S/C30H44N3O3P/c1-23(2)20-24(32-37(36,26-15-9-7-10-16-26)27-17-11-8-12-18-27)14-13-19-28(34)31-25-21-29(3,4)33(35)30(5,6)22-25/h7-18,23-25,35H,19-22H2,1-6H3,(H,31,34)(H,32,36)/t24-/m1/s1. The molecule has 7 heteroatoms. The molecule has 1 amide bonds. The van der Waals surface area contributed by atoms with Crippen LogP contribution in [-0.2, 0) is 9.36 Å². The Bertz CT molecular complexity index is 1040. The lowest BCUT2D eigenvalue weighted by Gasteiger charge is -2.51. The number of hydrogen-bond donors (Lipinski definition) is 3. The number of carbonyl (C=O) groups is 1. The van der Waals surface area contributed by atoms with Crippen molar-refractivity contribution < 1.29 is 14.6 Å². The number of benzene rings is 2. The second-order valence-electron chi connectivity index (χ2n) is 11.9. The third-order valence-corrected chi connectivity index (χ3v) is 9.73. The van der Waals surface area contributed by atoms with Crippen LogP contribution in [0.15, 0.2) is 72.8 Å². The number of amides is 1. The molecule has 0 bridgehead atoms. The predicted molar refractivity (Wildman–Crippen MR) is 153 cm³/mol. The van der Waals surface area contributed by atoms with Gasteiger partial charge >= 0.3 is 0 Å². The van der Waals surface area contributed by atoms with Gasteiger partial charge in [-0.25, -0.2) is 0 Å². The van der Waals surface area contributed by atoms with Crippen LogP contribution in [0, 0.1) is 5.92 Å². The third-order valence-electron chi connectivity index (χ3n) is 6.99. The van der Waals surface area contributed by atoms with Gasteiger partial charge in [0, 0.05) is 40.2 Å². The van der Waals surface area contributed by atoms with Crippen molar-refractivity contribution in [1.29, 1.82) is 0 Å². The predicted octanol–water partition coefficient (Wildman–Crippen LogP) is 5.39. The van der Waals surface area contributed by atoms with E-state index in [4.69, 9.17) is 0 Å². The Morgan fingerprint density at radius 3 is 1.95 bits per heavy atom. The van der Waals surface area contributed by atoms with Crippen molar-refractivity contribution in [2.45, 2.75) is 90.4 Å². The Morgan fingerprint density at radius 1 is 1.00 bits per heavy atom. The maximum absolute atomic E-state index is 14.5. The van der Waals surface area contributed by atoms with E-state index in [-0.39, 0.29) is 24.4 Å². The Balaban J connectivity index is 1.73. The van der Waals surface area contributed by atoms with Crippen LogP contribution < -0.4 is 21.0 Å². The molecule has 1 aliphatic rings. The number of hydrogen-bond acceptors (Lipinski definition) is 4. The topological polar surface area (TPSA) is 81.7 Å². The van der Waals surface area contributed by atoms with Gasteiger partial charge in [0.25, 0.3) is 0 Å². The van der Waals surface area contributed by atoms with Crippen molar-refractivity contribution in [2.24, 2.45) is 5.92 Å². The molecule has 3 N–H and O–H groups in total. The second kappa shape index (κ2) is 12.1. The van der Waals surface area contributed by atoms with Gasteiger partial charge in [0.1, 0.15) is 0 Å². The minimum atomic E-state index is -3.09. The van der Waals surface area contributed by atoms with Gasteiger partial charge in [-0.15, -0.1) is 0 Å². The molecule has 6 nitrogen and oxygen atoms in total. The van der Waals surface area contributed by atoms with E-state index in [0.29, 0.717) is 18.8 Å². The number of nitrogens with one attached hydrogen (secondary N) is 2. The van der Waals surface area contributed by atoms with Crippen molar-refractivity contribution in [3.63, 3.8) is 0 Å². The van der Waals surface area contributed by atoms with Gasteiger partial charge in [-0.05, 0) is 77.1 Å². The zero-order chi connectivity index (χ0) is 27.3. The molecule has 0 aromatic heterocycles. The van der Waals surface area contributed by atoms with Gasteiger partial charge in [0.05, 0.1) is 0 Å². The molecule has 1 saturated heterocycles. The first-order valence-corrected chi connectivity index (χ1v) is 15.0. The molecule has 1 atom stereocenters. The maximum Gasteiger partial charge on any atom is 0.224 e. The summed E-state index contributed by atoms with van der Waals surface area (Å²) >= 11 is 0.